The number of nitrogens with zero attached hydrogens (tertiary/aromatic N) is 3. The summed E-state index contributed by atoms with van der Waals surface area (Å²) in [5, 5.41) is 10.2. The van der Waals surface area contributed by atoms with E-state index in [1.54, 1.807) is 0 Å². The topological polar surface area (TPSA) is 75.6 Å². The number of H-pyrrole nitrogens is 1. The fourth-order valence-corrected chi connectivity index (χ4v) is 2.70. The third-order valence-electron chi connectivity index (χ3n) is 4.16. The Kier molecular flexibility index (Phi) is 4.29. The fraction of sp³-hybridized carbons (Fsp3) is 0.0556. The number of amides is 1. The van der Waals surface area contributed by atoms with E-state index in [1.807, 2.05) is 0 Å². The highest BCUT2D eigenvalue weighted by Crippen LogP contribution is 2.29. The van der Waals surface area contributed by atoms with Crippen LogP contribution < -0.4 is 5.32 Å². The first-order valence-corrected chi connectivity index (χ1v) is 8.10. The first-order chi connectivity index (χ1) is 13.7. The van der Waals surface area contributed by atoms with Crippen molar-refractivity contribution in [1.82, 2.24) is 20.0 Å². The van der Waals surface area contributed by atoms with E-state index in [1.165, 1.54) is 24.5 Å². The molecule has 0 bridgehead atoms. The summed E-state index contributed by atoms with van der Waals surface area (Å²) >= 11 is 0. The van der Waals surface area contributed by atoms with E-state index in [4.69, 9.17) is 0 Å². The van der Waals surface area contributed by atoms with E-state index in [0.717, 1.165) is 28.9 Å². The normalized spacial score (nSPS) is 11.8. The number of carbonyl (C=O) groups is 1. The van der Waals surface area contributed by atoms with E-state index in [-0.39, 0.29) is 28.0 Å². The zero-order chi connectivity index (χ0) is 20.8. The van der Waals surface area contributed by atoms with Crippen LogP contribution in [0, 0.1) is 11.6 Å². The molecule has 2 aromatic carbocycles. The minimum atomic E-state index is -4.46. The van der Waals surface area contributed by atoms with Crippen LogP contribution in [-0.2, 0) is 6.18 Å². The van der Waals surface area contributed by atoms with Gasteiger partial charge in [-0.25, -0.2) is 13.5 Å². The largest absolute Gasteiger partial charge is 0.416 e. The van der Waals surface area contributed by atoms with Crippen molar-refractivity contribution in [3.63, 3.8) is 0 Å². The van der Waals surface area contributed by atoms with Crippen molar-refractivity contribution in [3.05, 3.63) is 71.7 Å². The number of carbonyl (C=O) groups excluding carboxylic acids is 1. The number of nitrogens with one attached hydrogen (secondary N) is 2. The minimum absolute atomic E-state index is 0.123. The molecule has 0 radical (unpaired) electrons. The lowest BCUT2D eigenvalue weighted by Gasteiger charge is -2.07. The van der Waals surface area contributed by atoms with Gasteiger partial charge in [0.1, 0.15) is 0 Å². The second kappa shape index (κ2) is 6.69. The molecule has 0 saturated heterocycles. The molecule has 0 aliphatic rings. The van der Waals surface area contributed by atoms with Gasteiger partial charge in [0, 0.05) is 17.6 Å². The molecule has 0 aliphatic carbocycles. The van der Waals surface area contributed by atoms with Crippen LogP contribution in [0.5, 0.6) is 0 Å². The molecule has 11 heteroatoms. The summed E-state index contributed by atoms with van der Waals surface area (Å²) in [6, 6.07) is 6.05. The summed E-state index contributed by atoms with van der Waals surface area (Å²) in [7, 11) is 0. The maximum atomic E-state index is 13.5. The number of hydrogen-bond acceptors (Lipinski definition) is 3. The Bertz CT molecular complexity index is 1210. The predicted octanol–water partition coefficient (Wildman–Crippen LogP) is 4.30. The van der Waals surface area contributed by atoms with Crippen molar-refractivity contribution in [2.24, 2.45) is 0 Å². The van der Waals surface area contributed by atoms with Gasteiger partial charge in [-0.3, -0.25) is 4.79 Å². The summed E-state index contributed by atoms with van der Waals surface area (Å²) < 4.78 is 65.8. The van der Waals surface area contributed by atoms with Gasteiger partial charge in [-0.05, 0) is 30.3 Å². The molecule has 0 unspecified atom stereocenters. The average Bonchev–Trinajstić information content (AvgIpc) is 3.30. The molecule has 0 spiro atoms. The van der Waals surface area contributed by atoms with Gasteiger partial charge in [-0.2, -0.15) is 13.2 Å². The summed E-state index contributed by atoms with van der Waals surface area (Å²) in [4.78, 5) is 15.1. The summed E-state index contributed by atoms with van der Waals surface area (Å²) in [6.07, 6.45) is -1.87. The van der Waals surface area contributed by atoms with Gasteiger partial charge in [0.15, 0.2) is 17.3 Å². The van der Waals surface area contributed by atoms with Gasteiger partial charge in [-0.15, -0.1) is 5.10 Å². The second-order valence-corrected chi connectivity index (χ2v) is 6.06. The monoisotopic (exact) mass is 407 g/mol. The Morgan fingerprint density at radius 2 is 1.76 bits per heavy atom. The number of rotatable bonds is 3. The van der Waals surface area contributed by atoms with Crippen LogP contribution in [0.3, 0.4) is 0 Å². The van der Waals surface area contributed by atoms with Gasteiger partial charge in [-0.1, -0.05) is 5.21 Å². The molecule has 0 aliphatic heterocycles. The molecule has 29 heavy (non-hydrogen) atoms. The molecule has 2 aromatic heterocycles. The molecule has 0 fully saturated rings. The highest BCUT2D eigenvalue weighted by Gasteiger charge is 2.30. The fourth-order valence-electron chi connectivity index (χ4n) is 2.70. The lowest BCUT2D eigenvalue weighted by molar-refractivity contribution is -0.137. The number of fused-ring (bicyclic) bond motifs is 1. The van der Waals surface area contributed by atoms with Gasteiger partial charge in [0.2, 0.25) is 0 Å². The Labute approximate surface area is 159 Å². The first-order valence-electron chi connectivity index (χ1n) is 8.10. The van der Waals surface area contributed by atoms with Crippen LogP contribution in [0.25, 0.3) is 16.6 Å². The van der Waals surface area contributed by atoms with Crippen LogP contribution in [0.15, 0.2) is 48.8 Å². The molecule has 4 rings (SSSR count). The van der Waals surface area contributed by atoms with Crippen molar-refractivity contribution in [1.29, 1.82) is 0 Å². The van der Waals surface area contributed by atoms with Crippen molar-refractivity contribution in [2.75, 3.05) is 5.32 Å². The molecule has 148 valence electrons. The molecule has 1 amide bonds. The number of aromatic amines is 1. The number of hydrogen-bond donors (Lipinski definition) is 2. The Balaban J connectivity index is 1.55. The molecule has 4 aromatic rings. The molecule has 2 N–H and O–H groups in total. The average molecular weight is 407 g/mol. The predicted molar refractivity (Wildman–Crippen MR) is 92.5 cm³/mol. The van der Waals surface area contributed by atoms with E-state index >= 15 is 0 Å². The lowest BCUT2D eigenvalue weighted by Crippen LogP contribution is -2.12. The number of aromatic nitrogens is 4. The maximum Gasteiger partial charge on any atom is 0.416 e. The van der Waals surface area contributed by atoms with Crippen LogP contribution in [0.4, 0.5) is 27.6 Å². The van der Waals surface area contributed by atoms with Gasteiger partial charge < -0.3 is 10.3 Å². The quantitative estimate of drug-likeness (QED) is 0.498. The smallest absolute Gasteiger partial charge is 0.359 e. The highest BCUT2D eigenvalue weighted by atomic mass is 19.4. The molecule has 2 heterocycles. The number of benzene rings is 2. The van der Waals surface area contributed by atoms with Crippen LogP contribution >= 0.6 is 0 Å². The second-order valence-electron chi connectivity index (χ2n) is 6.06. The van der Waals surface area contributed by atoms with Crippen molar-refractivity contribution in [3.8, 4) is 5.69 Å². The van der Waals surface area contributed by atoms with Crippen LogP contribution in [0.2, 0.25) is 0 Å². The molecular weight excluding hydrogens is 397 g/mol. The molecule has 0 saturated carbocycles. The third-order valence-corrected chi connectivity index (χ3v) is 4.16. The van der Waals surface area contributed by atoms with Crippen molar-refractivity contribution < 1.29 is 26.7 Å². The number of anilines is 1. The van der Waals surface area contributed by atoms with E-state index < -0.39 is 29.3 Å². The molecule has 0 atom stereocenters. The van der Waals surface area contributed by atoms with Crippen LogP contribution in [0.1, 0.15) is 16.1 Å². The summed E-state index contributed by atoms with van der Waals surface area (Å²) in [5.74, 6) is -2.79. The number of halogens is 5. The summed E-state index contributed by atoms with van der Waals surface area (Å²) in [5.41, 5.74) is -0.182. The van der Waals surface area contributed by atoms with Crippen molar-refractivity contribution in [2.45, 2.75) is 6.18 Å². The minimum Gasteiger partial charge on any atom is -0.359 e. The Morgan fingerprint density at radius 1 is 1.07 bits per heavy atom. The van der Waals surface area contributed by atoms with E-state index in [0.29, 0.717) is 0 Å². The number of alkyl halides is 3. The third kappa shape index (κ3) is 3.53. The van der Waals surface area contributed by atoms with E-state index in [9.17, 15) is 26.7 Å². The zero-order valence-electron chi connectivity index (χ0n) is 14.3. The van der Waals surface area contributed by atoms with E-state index in [2.05, 4.69) is 20.6 Å². The standard InChI is InChI=1S/C18H10F5N5O/c19-12-5-11-14(6-13(12)20)24-7-15(11)25-17(29)16-8-28(27-26-16)10-3-1-9(2-4-10)18(21,22)23/h1-8,24H,(H,25,29). The maximum absolute atomic E-state index is 13.5. The van der Waals surface area contributed by atoms with Gasteiger partial charge >= 0.3 is 6.18 Å². The highest BCUT2D eigenvalue weighted by molar-refractivity contribution is 6.07. The first kappa shape index (κ1) is 18.6. The molecule has 6 nitrogen and oxygen atoms in total. The van der Waals surface area contributed by atoms with Gasteiger partial charge in [0.25, 0.3) is 5.91 Å². The Morgan fingerprint density at radius 3 is 2.45 bits per heavy atom. The van der Waals surface area contributed by atoms with Crippen molar-refractivity contribution >= 4 is 22.5 Å². The SMILES string of the molecule is O=C(Nc1c[nH]c2cc(F)c(F)cc12)c1cn(-c2ccc(C(F)(F)F)cc2)nn1. The lowest BCUT2D eigenvalue weighted by atomic mass is 10.2. The summed E-state index contributed by atoms with van der Waals surface area (Å²) in [6.45, 7) is 0. The Hall–Kier alpha value is -3.76. The molecular formula is C18H10F5N5O. The zero-order valence-corrected chi connectivity index (χ0v) is 14.3. The van der Waals surface area contributed by atoms with Crippen LogP contribution in [-0.4, -0.2) is 25.9 Å². The van der Waals surface area contributed by atoms with Gasteiger partial charge in [0.05, 0.1) is 28.7 Å².